The lowest BCUT2D eigenvalue weighted by Gasteiger charge is -2.26. The number of nitrogens with zero attached hydrogens (tertiary/aromatic N) is 1. The smallest absolute Gasteiger partial charge is 0.312 e. The molecular weight excluding hydrogens is 249 g/mol. The number of hydrogen-bond acceptors (Lipinski definition) is 2. The highest BCUT2D eigenvalue weighted by Gasteiger charge is 2.28. The van der Waals surface area contributed by atoms with Gasteiger partial charge in [0.25, 0.3) is 0 Å². The van der Waals surface area contributed by atoms with Gasteiger partial charge in [-0.25, -0.2) is 9.24 Å². The third-order valence-electron chi connectivity index (χ3n) is 2.86. The molecule has 0 fully saturated rings. The summed E-state index contributed by atoms with van der Waals surface area (Å²) in [4.78, 5) is 9.96. The van der Waals surface area contributed by atoms with Crippen LogP contribution in [0, 0.1) is 0 Å². The van der Waals surface area contributed by atoms with Gasteiger partial charge in [0.2, 0.25) is 0 Å². The van der Waals surface area contributed by atoms with Crippen molar-refractivity contribution >= 4 is 7.75 Å². The van der Waals surface area contributed by atoms with Crippen molar-refractivity contribution in [3.63, 3.8) is 0 Å². The molecule has 0 aliphatic carbocycles. The van der Waals surface area contributed by atoms with Crippen LogP contribution in [0.15, 0.2) is 0 Å². The molecule has 0 aromatic carbocycles. The summed E-state index contributed by atoms with van der Waals surface area (Å²) in [6.45, 7) is 7.88. The summed E-state index contributed by atoms with van der Waals surface area (Å²) in [5.74, 6) is 0. The molecule has 0 aliphatic heterocycles. The van der Waals surface area contributed by atoms with Crippen LogP contribution < -0.4 is 0 Å². The van der Waals surface area contributed by atoms with E-state index in [1.165, 1.54) is 0 Å². The SMILES string of the molecule is CCCCCN(CCCCC)P(=O)(O)OCCC. The Morgan fingerprint density at radius 2 is 1.44 bits per heavy atom. The van der Waals surface area contributed by atoms with Gasteiger partial charge in [0, 0.05) is 13.1 Å². The minimum absolute atomic E-state index is 0.353. The first kappa shape index (κ1) is 18.1. The van der Waals surface area contributed by atoms with Crippen LogP contribution in [0.5, 0.6) is 0 Å². The molecule has 0 radical (unpaired) electrons. The zero-order valence-corrected chi connectivity index (χ0v) is 13.1. The molecule has 1 N–H and O–H groups in total. The lowest BCUT2D eigenvalue weighted by molar-refractivity contribution is 0.198. The zero-order chi connectivity index (χ0) is 13.9. The fraction of sp³-hybridized carbons (Fsp3) is 1.00. The van der Waals surface area contributed by atoms with E-state index < -0.39 is 7.75 Å². The third kappa shape index (κ3) is 8.25. The second-order valence-corrected chi connectivity index (χ2v) is 6.50. The van der Waals surface area contributed by atoms with Gasteiger partial charge in [-0.2, -0.15) is 0 Å². The summed E-state index contributed by atoms with van der Waals surface area (Å²) in [7, 11) is -3.57. The van der Waals surface area contributed by atoms with Crippen LogP contribution in [0.1, 0.15) is 65.7 Å². The minimum Gasteiger partial charge on any atom is -0.312 e. The van der Waals surface area contributed by atoms with Crippen molar-refractivity contribution in [1.29, 1.82) is 0 Å². The van der Waals surface area contributed by atoms with Gasteiger partial charge in [-0.3, -0.25) is 4.52 Å². The first-order valence-electron chi connectivity index (χ1n) is 7.31. The van der Waals surface area contributed by atoms with Crippen LogP contribution in [0.2, 0.25) is 0 Å². The molecule has 0 aromatic rings. The van der Waals surface area contributed by atoms with Crippen molar-refractivity contribution in [2.45, 2.75) is 65.7 Å². The highest BCUT2D eigenvalue weighted by Crippen LogP contribution is 2.46. The van der Waals surface area contributed by atoms with Gasteiger partial charge in [-0.05, 0) is 19.3 Å². The second-order valence-electron chi connectivity index (χ2n) is 4.69. The topological polar surface area (TPSA) is 49.8 Å². The van der Waals surface area contributed by atoms with Gasteiger partial charge in [-0.15, -0.1) is 0 Å². The molecular formula is C13H30NO3P. The van der Waals surface area contributed by atoms with E-state index in [-0.39, 0.29) is 0 Å². The fourth-order valence-electron chi connectivity index (χ4n) is 1.75. The zero-order valence-electron chi connectivity index (χ0n) is 12.2. The van der Waals surface area contributed by atoms with Gasteiger partial charge in [0.05, 0.1) is 6.61 Å². The Kier molecular flexibility index (Phi) is 11.0. The van der Waals surface area contributed by atoms with Crippen LogP contribution >= 0.6 is 7.75 Å². The molecule has 0 spiro atoms. The molecule has 0 heterocycles. The maximum Gasteiger partial charge on any atom is 0.405 e. The van der Waals surface area contributed by atoms with Gasteiger partial charge in [-0.1, -0.05) is 46.5 Å². The summed E-state index contributed by atoms with van der Waals surface area (Å²) >= 11 is 0. The molecule has 1 atom stereocenters. The van der Waals surface area contributed by atoms with E-state index in [2.05, 4.69) is 13.8 Å². The molecule has 0 aliphatic rings. The van der Waals surface area contributed by atoms with E-state index in [0.717, 1.165) is 44.9 Å². The van der Waals surface area contributed by atoms with E-state index in [1.54, 1.807) is 4.67 Å². The summed E-state index contributed by atoms with van der Waals surface area (Å²) in [5.41, 5.74) is 0. The highest BCUT2D eigenvalue weighted by atomic mass is 31.2. The highest BCUT2D eigenvalue weighted by molar-refractivity contribution is 7.50. The van der Waals surface area contributed by atoms with Crippen LogP contribution in [-0.2, 0) is 9.09 Å². The first-order chi connectivity index (χ1) is 8.58. The number of unbranched alkanes of at least 4 members (excludes halogenated alkanes) is 4. The quantitative estimate of drug-likeness (QED) is 0.430. The van der Waals surface area contributed by atoms with Crippen molar-refractivity contribution in [3.8, 4) is 0 Å². The molecule has 0 saturated carbocycles. The van der Waals surface area contributed by atoms with Gasteiger partial charge in [0.15, 0.2) is 0 Å². The van der Waals surface area contributed by atoms with Crippen LogP contribution in [0.3, 0.4) is 0 Å². The Labute approximate surface area is 112 Å². The Morgan fingerprint density at radius 1 is 0.944 bits per heavy atom. The Morgan fingerprint density at radius 3 is 1.83 bits per heavy atom. The molecule has 0 aromatic heterocycles. The van der Waals surface area contributed by atoms with Crippen molar-refractivity contribution in [2.75, 3.05) is 19.7 Å². The van der Waals surface area contributed by atoms with E-state index >= 15 is 0 Å². The summed E-state index contributed by atoms with van der Waals surface area (Å²) < 4.78 is 18.9. The molecule has 0 amide bonds. The largest absolute Gasteiger partial charge is 0.405 e. The minimum atomic E-state index is -3.57. The molecule has 0 bridgehead atoms. The Hall–Kier alpha value is 0.110. The van der Waals surface area contributed by atoms with E-state index in [1.807, 2.05) is 6.92 Å². The molecule has 4 nitrogen and oxygen atoms in total. The van der Waals surface area contributed by atoms with Gasteiger partial charge < -0.3 is 4.89 Å². The van der Waals surface area contributed by atoms with Crippen LogP contribution in [0.4, 0.5) is 0 Å². The molecule has 0 rings (SSSR count). The molecule has 5 heteroatoms. The lowest BCUT2D eigenvalue weighted by atomic mass is 10.2. The van der Waals surface area contributed by atoms with E-state index in [4.69, 9.17) is 4.52 Å². The van der Waals surface area contributed by atoms with Gasteiger partial charge in [0.1, 0.15) is 0 Å². The second kappa shape index (κ2) is 11.0. The molecule has 0 saturated heterocycles. The normalized spacial score (nSPS) is 14.9. The Bertz CT molecular complexity index is 226. The number of hydrogen-bond donors (Lipinski definition) is 1. The fourth-order valence-corrected chi connectivity index (χ4v) is 3.12. The average molecular weight is 279 g/mol. The maximum atomic E-state index is 12.1. The monoisotopic (exact) mass is 279 g/mol. The van der Waals surface area contributed by atoms with Crippen molar-refractivity contribution in [2.24, 2.45) is 0 Å². The van der Waals surface area contributed by atoms with Crippen LogP contribution in [-0.4, -0.2) is 29.3 Å². The Balaban J connectivity index is 4.27. The van der Waals surface area contributed by atoms with Crippen LogP contribution in [0.25, 0.3) is 0 Å². The molecule has 18 heavy (non-hydrogen) atoms. The van der Waals surface area contributed by atoms with E-state index in [9.17, 15) is 9.46 Å². The standard InChI is InChI=1S/C13H30NO3P/c1-4-7-9-11-14(12-10-8-5-2)18(15,16)17-13-6-3/h4-13H2,1-3H3,(H,15,16). The number of rotatable bonds is 12. The maximum absolute atomic E-state index is 12.1. The average Bonchev–Trinajstić information content (AvgIpc) is 2.35. The van der Waals surface area contributed by atoms with Crippen molar-refractivity contribution < 1.29 is 14.0 Å². The van der Waals surface area contributed by atoms with Crippen molar-refractivity contribution in [1.82, 2.24) is 4.67 Å². The lowest BCUT2D eigenvalue weighted by Crippen LogP contribution is -2.24. The predicted molar refractivity (Wildman–Crippen MR) is 76.7 cm³/mol. The van der Waals surface area contributed by atoms with E-state index in [0.29, 0.717) is 19.7 Å². The summed E-state index contributed by atoms with van der Waals surface area (Å²) in [6.07, 6.45) is 7.12. The van der Waals surface area contributed by atoms with Crippen molar-refractivity contribution in [3.05, 3.63) is 0 Å². The summed E-state index contributed by atoms with van der Waals surface area (Å²) in [6, 6.07) is 0. The molecule has 1 unspecified atom stereocenters. The predicted octanol–water partition coefficient (Wildman–Crippen LogP) is 4.20. The first-order valence-corrected chi connectivity index (χ1v) is 8.84. The van der Waals surface area contributed by atoms with Gasteiger partial charge >= 0.3 is 7.75 Å². The summed E-state index contributed by atoms with van der Waals surface area (Å²) in [5, 5.41) is 0. The third-order valence-corrected chi connectivity index (χ3v) is 4.49. The molecule has 110 valence electrons.